The molecule has 24 heavy (non-hydrogen) atoms. The van der Waals surface area contributed by atoms with Crippen molar-refractivity contribution in [3.63, 3.8) is 0 Å². The van der Waals surface area contributed by atoms with E-state index in [1.54, 1.807) is 54.5 Å². The van der Waals surface area contributed by atoms with Crippen molar-refractivity contribution in [2.24, 2.45) is 0 Å². The van der Waals surface area contributed by atoms with Crippen LogP contribution in [-0.4, -0.2) is 33.1 Å². The summed E-state index contributed by atoms with van der Waals surface area (Å²) < 4.78 is 15.8. The highest BCUT2D eigenvalue weighted by Crippen LogP contribution is 2.33. The van der Waals surface area contributed by atoms with Gasteiger partial charge in [-0.1, -0.05) is 6.07 Å². The van der Waals surface area contributed by atoms with Crippen molar-refractivity contribution in [3.8, 4) is 11.5 Å². The number of carbonyl (C=O) groups is 2. The number of carbonyl (C=O) groups excluding carboxylic acids is 2. The molecule has 1 heterocycles. The number of hydrogen-bond acceptors (Lipinski definition) is 5. The summed E-state index contributed by atoms with van der Waals surface area (Å²) in [5, 5.41) is 0. The normalized spacial score (nSPS) is 16.7. The standard InChI is InChI=1S/C18H17NO5/c1-22-15-7-5-14(6-8-15)19-10-17(24-18(19)21)12-3-4-13(11-20)16(9-12)23-2/h3-9,11,17H,10H2,1-2H3. The van der Waals surface area contributed by atoms with E-state index in [2.05, 4.69) is 0 Å². The van der Waals surface area contributed by atoms with Crippen molar-refractivity contribution >= 4 is 18.1 Å². The van der Waals surface area contributed by atoms with Gasteiger partial charge in [-0.2, -0.15) is 0 Å². The highest BCUT2D eigenvalue weighted by atomic mass is 16.6. The first-order valence-corrected chi connectivity index (χ1v) is 7.41. The molecule has 6 nitrogen and oxygen atoms in total. The van der Waals surface area contributed by atoms with E-state index in [0.29, 0.717) is 17.9 Å². The molecule has 0 spiro atoms. The predicted molar refractivity (Wildman–Crippen MR) is 87.9 cm³/mol. The molecule has 0 aliphatic carbocycles. The molecule has 1 fully saturated rings. The number of benzene rings is 2. The predicted octanol–water partition coefficient (Wildman–Crippen LogP) is 3.21. The molecule has 0 bridgehead atoms. The minimum absolute atomic E-state index is 0.384. The summed E-state index contributed by atoms with van der Waals surface area (Å²) in [7, 11) is 3.09. The highest BCUT2D eigenvalue weighted by molar-refractivity contribution is 5.90. The van der Waals surface area contributed by atoms with Gasteiger partial charge in [0.15, 0.2) is 6.29 Å². The van der Waals surface area contributed by atoms with E-state index in [1.807, 2.05) is 0 Å². The molecule has 6 heteroatoms. The van der Waals surface area contributed by atoms with E-state index in [4.69, 9.17) is 14.2 Å². The van der Waals surface area contributed by atoms with Crippen LogP contribution in [0.4, 0.5) is 10.5 Å². The zero-order valence-electron chi connectivity index (χ0n) is 13.4. The summed E-state index contributed by atoms with van der Waals surface area (Å²) >= 11 is 0. The van der Waals surface area contributed by atoms with Crippen LogP contribution in [-0.2, 0) is 4.74 Å². The first kappa shape index (κ1) is 15.9. The van der Waals surface area contributed by atoms with Crippen molar-refractivity contribution in [2.75, 3.05) is 25.7 Å². The maximum absolute atomic E-state index is 12.2. The molecule has 0 aromatic heterocycles. The third-order valence-electron chi connectivity index (χ3n) is 3.95. The Hall–Kier alpha value is -3.02. The topological polar surface area (TPSA) is 65.1 Å². The maximum atomic E-state index is 12.2. The zero-order valence-corrected chi connectivity index (χ0v) is 13.4. The van der Waals surface area contributed by atoms with Gasteiger partial charge in [-0.15, -0.1) is 0 Å². The average Bonchev–Trinajstić information content (AvgIpc) is 3.03. The third kappa shape index (κ3) is 2.90. The summed E-state index contributed by atoms with van der Waals surface area (Å²) in [5.41, 5.74) is 1.97. The number of ether oxygens (including phenoxy) is 3. The second-order valence-electron chi connectivity index (χ2n) is 5.30. The average molecular weight is 327 g/mol. The molecule has 1 saturated heterocycles. The van der Waals surface area contributed by atoms with Crippen molar-refractivity contribution in [3.05, 3.63) is 53.6 Å². The van der Waals surface area contributed by atoms with E-state index in [9.17, 15) is 9.59 Å². The lowest BCUT2D eigenvalue weighted by Gasteiger charge is -2.14. The fourth-order valence-electron chi connectivity index (χ4n) is 2.63. The number of nitrogens with zero attached hydrogens (tertiary/aromatic N) is 1. The number of rotatable bonds is 5. The molecule has 124 valence electrons. The molecule has 1 atom stereocenters. The fraction of sp³-hybridized carbons (Fsp3) is 0.222. The Morgan fingerprint density at radius 3 is 2.50 bits per heavy atom. The fourth-order valence-corrected chi connectivity index (χ4v) is 2.63. The Morgan fingerprint density at radius 2 is 1.88 bits per heavy atom. The minimum atomic E-state index is -0.422. The van der Waals surface area contributed by atoms with Crippen LogP contribution < -0.4 is 14.4 Å². The molecule has 2 aromatic rings. The lowest BCUT2D eigenvalue weighted by atomic mass is 10.1. The van der Waals surface area contributed by atoms with Gasteiger partial charge in [0.05, 0.1) is 26.3 Å². The van der Waals surface area contributed by atoms with Gasteiger partial charge in [0, 0.05) is 5.69 Å². The lowest BCUT2D eigenvalue weighted by molar-refractivity contribution is 0.111. The van der Waals surface area contributed by atoms with E-state index >= 15 is 0 Å². The quantitative estimate of drug-likeness (QED) is 0.789. The first-order chi connectivity index (χ1) is 11.7. The first-order valence-electron chi connectivity index (χ1n) is 7.41. The SMILES string of the molecule is COc1ccc(N2CC(c3ccc(C=O)c(OC)c3)OC2=O)cc1. The monoisotopic (exact) mass is 327 g/mol. The minimum Gasteiger partial charge on any atom is -0.497 e. The van der Waals surface area contributed by atoms with Crippen LogP contribution in [0.2, 0.25) is 0 Å². The number of cyclic esters (lactones) is 1. The van der Waals surface area contributed by atoms with Gasteiger partial charge in [0.2, 0.25) is 0 Å². The summed E-state index contributed by atoms with van der Waals surface area (Å²) in [4.78, 5) is 24.7. The van der Waals surface area contributed by atoms with Crippen LogP contribution in [0, 0.1) is 0 Å². The zero-order chi connectivity index (χ0) is 17.1. The third-order valence-corrected chi connectivity index (χ3v) is 3.95. The molecule has 0 radical (unpaired) electrons. The molecular weight excluding hydrogens is 310 g/mol. The Balaban J connectivity index is 1.82. The largest absolute Gasteiger partial charge is 0.497 e. The summed E-state index contributed by atoms with van der Waals surface area (Å²) in [6, 6.07) is 12.3. The van der Waals surface area contributed by atoms with Gasteiger partial charge in [-0.25, -0.2) is 4.79 Å². The number of anilines is 1. The van der Waals surface area contributed by atoms with Gasteiger partial charge < -0.3 is 14.2 Å². The van der Waals surface area contributed by atoms with Crippen molar-refractivity contribution in [1.82, 2.24) is 0 Å². The smallest absolute Gasteiger partial charge is 0.415 e. The molecule has 1 amide bonds. The maximum Gasteiger partial charge on any atom is 0.415 e. The molecule has 1 aliphatic rings. The van der Waals surface area contributed by atoms with Crippen LogP contribution in [0.15, 0.2) is 42.5 Å². The van der Waals surface area contributed by atoms with Crippen LogP contribution in [0.1, 0.15) is 22.0 Å². The summed E-state index contributed by atoms with van der Waals surface area (Å²) in [5.74, 6) is 1.18. The van der Waals surface area contributed by atoms with Crippen molar-refractivity contribution in [2.45, 2.75) is 6.10 Å². The Morgan fingerprint density at radius 1 is 1.12 bits per heavy atom. The molecule has 0 saturated carbocycles. The summed E-state index contributed by atoms with van der Waals surface area (Å²) in [6.45, 7) is 0.384. The van der Waals surface area contributed by atoms with E-state index in [1.165, 1.54) is 7.11 Å². The highest BCUT2D eigenvalue weighted by Gasteiger charge is 2.33. The van der Waals surface area contributed by atoms with Crippen molar-refractivity contribution in [1.29, 1.82) is 0 Å². The Kier molecular flexibility index (Phi) is 4.37. The molecule has 1 unspecified atom stereocenters. The van der Waals surface area contributed by atoms with E-state index < -0.39 is 12.2 Å². The summed E-state index contributed by atoms with van der Waals surface area (Å²) in [6.07, 6.45) is -0.106. The lowest BCUT2D eigenvalue weighted by Crippen LogP contribution is -2.23. The number of hydrogen-bond donors (Lipinski definition) is 0. The molecule has 2 aromatic carbocycles. The van der Waals surface area contributed by atoms with Gasteiger partial charge in [0.25, 0.3) is 0 Å². The second kappa shape index (κ2) is 6.62. The van der Waals surface area contributed by atoms with Gasteiger partial charge in [0.1, 0.15) is 17.6 Å². The van der Waals surface area contributed by atoms with Crippen molar-refractivity contribution < 1.29 is 23.8 Å². The molecule has 1 aliphatic heterocycles. The molecule has 0 N–H and O–H groups in total. The molecule has 3 rings (SSSR count). The van der Waals surface area contributed by atoms with E-state index in [-0.39, 0.29) is 0 Å². The number of methoxy groups -OCH3 is 2. The van der Waals surface area contributed by atoms with Gasteiger partial charge >= 0.3 is 6.09 Å². The second-order valence-corrected chi connectivity index (χ2v) is 5.30. The number of aldehydes is 1. The van der Waals surface area contributed by atoms with E-state index in [0.717, 1.165) is 23.3 Å². The Bertz CT molecular complexity index is 757. The Labute approximate surface area is 139 Å². The van der Waals surface area contributed by atoms with Gasteiger partial charge in [-0.3, -0.25) is 9.69 Å². The van der Waals surface area contributed by atoms with Crippen LogP contribution in [0.25, 0.3) is 0 Å². The van der Waals surface area contributed by atoms with Gasteiger partial charge in [-0.05, 0) is 42.0 Å². The molecular formula is C18H17NO5. The number of amides is 1. The van der Waals surface area contributed by atoms with Crippen LogP contribution in [0.5, 0.6) is 11.5 Å². The van der Waals surface area contributed by atoms with Crippen LogP contribution in [0.3, 0.4) is 0 Å². The van der Waals surface area contributed by atoms with Crippen LogP contribution >= 0.6 is 0 Å².